The molecule has 4 aromatic rings. The first kappa shape index (κ1) is 26.0. The zero-order valence-electron chi connectivity index (χ0n) is 19.8. The van der Waals surface area contributed by atoms with Gasteiger partial charge in [0.15, 0.2) is 0 Å². The Hall–Kier alpha value is -4.04. The minimum atomic E-state index is -4.51. The highest BCUT2D eigenvalue weighted by Gasteiger charge is 2.31. The van der Waals surface area contributed by atoms with E-state index in [1.165, 1.54) is 23.9 Å². The lowest BCUT2D eigenvalue weighted by Gasteiger charge is -2.18. The number of nitrogens with one attached hydrogen (secondary N) is 2. The predicted octanol–water partition coefficient (Wildman–Crippen LogP) is 7.74. The van der Waals surface area contributed by atoms with Crippen LogP contribution in [0.3, 0.4) is 0 Å². The largest absolute Gasteiger partial charge is 0.416 e. The van der Waals surface area contributed by atoms with E-state index < -0.39 is 22.9 Å². The summed E-state index contributed by atoms with van der Waals surface area (Å²) < 4.78 is 39.3. The van der Waals surface area contributed by atoms with E-state index in [0.717, 1.165) is 22.6 Å². The second-order valence-corrected chi connectivity index (χ2v) is 9.50. The van der Waals surface area contributed by atoms with Gasteiger partial charge < -0.3 is 10.6 Å². The fourth-order valence-electron chi connectivity index (χ4n) is 3.62. The average molecular weight is 521 g/mol. The summed E-state index contributed by atoms with van der Waals surface area (Å²) in [7, 11) is 0. The first-order valence-electron chi connectivity index (χ1n) is 11.4. The first-order valence-corrected chi connectivity index (χ1v) is 12.2. The van der Waals surface area contributed by atoms with Crippen molar-refractivity contribution in [2.75, 3.05) is 10.6 Å². The molecule has 1 atom stereocenters. The summed E-state index contributed by atoms with van der Waals surface area (Å²) >= 11 is 1.26. The van der Waals surface area contributed by atoms with Gasteiger partial charge in [0, 0.05) is 21.8 Å². The molecule has 0 aromatic heterocycles. The van der Waals surface area contributed by atoms with Crippen LogP contribution in [0.15, 0.2) is 108 Å². The molecule has 4 aromatic carbocycles. The molecule has 188 valence electrons. The maximum atomic E-state index is 13.2. The van der Waals surface area contributed by atoms with Crippen LogP contribution in [0.4, 0.5) is 24.5 Å². The van der Waals surface area contributed by atoms with Crippen LogP contribution in [-0.2, 0) is 11.0 Å². The van der Waals surface area contributed by atoms with Gasteiger partial charge in [-0.3, -0.25) is 9.59 Å². The molecule has 0 aliphatic heterocycles. The lowest BCUT2D eigenvalue weighted by molar-refractivity contribution is -0.137. The molecule has 0 saturated heterocycles. The second-order valence-electron chi connectivity index (χ2n) is 8.32. The van der Waals surface area contributed by atoms with E-state index in [2.05, 4.69) is 10.6 Å². The number of hydrogen-bond acceptors (Lipinski definition) is 3. The van der Waals surface area contributed by atoms with Crippen LogP contribution in [0.2, 0.25) is 0 Å². The quantitative estimate of drug-likeness (QED) is 0.245. The van der Waals surface area contributed by atoms with Crippen molar-refractivity contribution in [3.8, 4) is 0 Å². The third-order valence-electron chi connectivity index (χ3n) is 5.44. The SMILES string of the molecule is Cc1cccc(C(=O)Nc2ccc(SC(C(=O)Nc3cccc(C(F)(F)F)c3)c3ccccc3)cc2)c1. The van der Waals surface area contributed by atoms with Crippen LogP contribution < -0.4 is 10.6 Å². The monoisotopic (exact) mass is 520 g/mol. The highest BCUT2D eigenvalue weighted by atomic mass is 32.2. The maximum Gasteiger partial charge on any atom is 0.416 e. The molecule has 2 amide bonds. The summed E-state index contributed by atoms with van der Waals surface area (Å²) in [5.74, 6) is -0.681. The molecule has 0 saturated carbocycles. The van der Waals surface area contributed by atoms with E-state index in [-0.39, 0.29) is 11.6 Å². The smallest absolute Gasteiger partial charge is 0.325 e. The summed E-state index contributed by atoms with van der Waals surface area (Å²) in [5.41, 5.74) is 2.06. The molecule has 0 radical (unpaired) electrons. The van der Waals surface area contributed by atoms with Gasteiger partial charge in [0.05, 0.1) is 5.56 Å². The van der Waals surface area contributed by atoms with Crippen molar-refractivity contribution in [2.45, 2.75) is 23.2 Å². The number of hydrogen-bond donors (Lipinski definition) is 2. The van der Waals surface area contributed by atoms with Crippen LogP contribution in [0.1, 0.15) is 32.3 Å². The molecule has 2 N–H and O–H groups in total. The molecule has 37 heavy (non-hydrogen) atoms. The minimum Gasteiger partial charge on any atom is -0.325 e. The van der Waals surface area contributed by atoms with Crippen molar-refractivity contribution in [3.63, 3.8) is 0 Å². The number of alkyl halides is 3. The zero-order valence-corrected chi connectivity index (χ0v) is 20.6. The molecule has 0 aliphatic rings. The molecule has 0 spiro atoms. The van der Waals surface area contributed by atoms with E-state index in [0.29, 0.717) is 16.8 Å². The van der Waals surface area contributed by atoms with Crippen LogP contribution in [-0.4, -0.2) is 11.8 Å². The summed E-state index contributed by atoms with van der Waals surface area (Å²) in [4.78, 5) is 26.5. The van der Waals surface area contributed by atoms with Gasteiger partial charge in [-0.1, -0.05) is 54.1 Å². The maximum absolute atomic E-state index is 13.2. The third kappa shape index (κ3) is 7.01. The first-order chi connectivity index (χ1) is 17.7. The van der Waals surface area contributed by atoms with Crippen LogP contribution in [0, 0.1) is 6.92 Å². The Morgan fingerprint density at radius 1 is 0.757 bits per heavy atom. The number of carbonyl (C=O) groups is 2. The Kier molecular flexibility index (Phi) is 7.98. The molecule has 0 heterocycles. The van der Waals surface area contributed by atoms with E-state index in [1.807, 2.05) is 25.1 Å². The normalized spacial score (nSPS) is 12.0. The van der Waals surface area contributed by atoms with Crippen molar-refractivity contribution in [1.29, 1.82) is 0 Å². The molecular weight excluding hydrogens is 497 g/mol. The van der Waals surface area contributed by atoms with E-state index >= 15 is 0 Å². The van der Waals surface area contributed by atoms with Crippen molar-refractivity contribution in [1.82, 2.24) is 0 Å². The molecule has 0 fully saturated rings. The van der Waals surface area contributed by atoms with Gasteiger partial charge in [-0.25, -0.2) is 0 Å². The van der Waals surface area contributed by atoms with E-state index in [9.17, 15) is 22.8 Å². The van der Waals surface area contributed by atoms with Crippen LogP contribution >= 0.6 is 11.8 Å². The fraction of sp³-hybridized carbons (Fsp3) is 0.103. The summed E-state index contributed by atoms with van der Waals surface area (Å²) in [5, 5.41) is 4.75. The number of halogens is 3. The lowest BCUT2D eigenvalue weighted by atomic mass is 10.1. The molecule has 4 rings (SSSR count). The summed E-state index contributed by atoms with van der Waals surface area (Å²) in [6, 6.07) is 27.9. The highest BCUT2D eigenvalue weighted by molar-refractivity contribution is 8.00. The van der Waals surface area contributed by atoms with Crippen LogP contribution in [0.25, 0.3) is 0 Å². The number of carbonyl (C=O) groups excluding carboxylic acids is 2. The van der Waals surface area contributed by atoms with E-state index in [4.69, 9.17) is 0 Å². The number of aryl methyl sites for hydroxylation is 1. The molecule has 4 nitrogen and oxygen atoms in total. The number of benzene rings is 4. The Bertz CT molecular complexity index is 1390. The van der Waals surface area contributed by atoms with Gasteiger partial charge >= 0.3 is 6.18 Å². The third-order valence-corrected chi connectivity index (χ3v) is 6.71. The summed E-state index contributed by atoms with van der Waals surface area (Å²) in [6.07, 6.45) is -4.51. The Morgan fingerprint density at radius 3 is 2.14 bits per heavy atom. The van der Waals surface area contributed by atoms with Gasteiger partial charge in [0.1, 0.15) is 5.25 Å². The Labute approximate surface area is 216 Å². The number of rotatable bonds is 7. The second kappa shape index (κ2) is 11.3. The molecule has 1 unspecified atom stereocenters. The van der Waals surface area contributed by atoms with Crippen molar-refractivity contribution in [2.24, 2.45) is 0 Å². The number of amides is 2. The summed E-state index contributed by atoms with van der Waals surface area (Å²) in [6.45, 7) is 1.91. The molecule has 8 heteroatoms. The van der Waals surface area contributed by atoms with Crippen molar-refractivity contribution in [3.05, 3.63) is 125 Å². The highest BCUT2D eigenvalue weighted by Crippen LogP contribution is 2.37. The van der Waals surface area contributed by atoms with Crippen LogP contribution in [0.5, 0.6) is 0 Å². The minimum absolute atomic E-state index is 0.0653. The van der Waals surface area contributed by atoms with Gasteiger partial charge in [-0.2, -0.15) is 13.2 Å². The molecule has 0 bridgehead atoms. The van der Waals surface area contributed by atoms with Crippen molar-refractivity contribution < 1.29 is 22.8 Å². The standard InChI is InChI=1S/C29H23F3N2O2S/c1-19-7-5-10-21(17-19)27(35)33-23-13-15-25(16-14-23)37-26(20-8-3-2-4-9-20)28(36)34-24-12-6-11-22(18-24)29(30,31)32/h2-18,26H,1H3,(H,33,35)(H,34,36). The lowest BCUT2D eigenvalue weighted by Crippen LogP contribution is -2.19. The topological polar surface area (TPSA) is 58.2 Å². The average Bonchev–Trinajstić information content (AvgIpc) is 2.88. The van der Waals surface area contributed by atoms with Crippen molar-refractivity contribution >= 4 is 35.0 Å². The van der Waals surface area contributed by atoms with Gasteiger partial charge in [0.25, 0.3) is 5.91 Å². The zero-order chi connectivity index (χ0) is 26.4. The van der Waals surface area contributed by atoms with Gasteiger partial charge in [0.2, 0.25) is 5.91 Å². The Balaban J connectivity index is 1.50. The Morgan fingerprint density at radius 2 is 1.46 bits per heavy atom. The van der Waals surface area contributed by atoms with E-state index in [1.54, 1.807) is 60.7 Å². The fourth-order valence-corrected chi connectivity index (χ4v) is 4.65. The number of thioether (sulfide) groups is 1. The van der Waals surface area contributed by atoms with Gasteiger partial charge in [-0.05, 0) is 67.1 Å². The van der Waals surface area contributed by atoms with Gasteiger partial charge in [-0.15, -0.1) is 11.8 Å². The predicted molar refractivity (Wildman–Crippen MR) is 141 cm³/mol. The number of anilines is 2. The molecule has 0 aliphatic carbocycles. The molecular formula is C29H23F3N2O2S.